The van der Waals surface area contributed by atoms with E-state index in [1.807, 2.05) is 30.5 Å². The molecule has 3 rings (SSSR count). The molecule has 0 amide bonds. The highest BCUT2D eigenvalue weighted by Crippen LogP contribution is 2.25. The summed E-state index contributed by atoms with van der Waals surface area (Å²) in [4.78, 5) is 3.30. The molecular weight excluding hydrogens is 250 g/mol. The lowest BCUT2D eigenvalue weighted by Crippen LogP contribution is -2.06. The summed E-state index contributed by atoms with van der Waals surface area (Å²) in [7, 11) is 0. The zero-order valence-corrected chi connectivity index (χ0v) is 11.1. The van der Waals surface area contributed by atoms with E-state index >= 15 is 0 Å². The van der Waals surface area contributed by atoms with Gasteiger partial charge in [0.2, 0.25) is 0 Å². The molecule has 2 aromatic heterocycles. The maximum absolute atomic E-state index is 9.36. The van der Waals surface area contributed by atoms with Crippen LogP contribution in [0.25, 0.3) is 0 Å². The predicted molar refractivity (Wildman–Crippen MR) is 77.8 cm³/mol. The van der Waals surface area contributed by atoms with Crippen molar-refractivity contribution in [1.29, 1.82) is 0 Å². The molecule has 2 N–H and O–H groups in total. The molecule has 3 aromatic rings. The number of aromatic hydroxyl groups is 1. The summed E-state index contributed by atoms with van der Waals surface area (Å²) < 4.78 is 5.16. The monoisotopic (exact) mass is 267 g/mol. The van der Waals surface area contributed by atoms with Crippen molar-refractivity contribution in [2.45, 2.75) is 18.8 Å². The second kappa shape index (κ2) is 5.70. The summed E-state index contributed by atoms with van der Waals surface area (Å²) in [5, 5.41) is 9.36. The van der Waals surface area contributed by atoms with Gasteiger partial charge in [-0.25, -0.2) is 0 Å². The zero-order valence-electron chi connectivity index (χ0n) is 11.1. The molecular formula is C17H17NO2. The Bertz CT molecular complexity index is 624. The summed E-state index contributed by atoms with van der Waals surface area (Å²) in [6.07, 6.45) is 7.31. The third kappa shape index (κ3) is 2.94. The van der Waals surface area contributed by atoms with Crippen LogP contribution in [0, 0.1) is 0 Å². The first-order chi connectivity index (χ1) is 9.81. The van der Waals surface area contributed by atoms with Crippen molar-refractivity contribution in [2.24, 2.45) is 0 Å². The molecule has 1 unspecified atom stereocenters. The van der Waals surface area contributed by atoms with Crippen LogP contribution in [0.3, 0.4) is 0 Å². The number of furan rings is 1. The number of rotatable bonds is 5. The van der Waals surface area contributed by atoms with Crippen LogP contribution < -0.4 is 0 Å². The zero-order chi connectivity index (χ0) is 13.8. The minimum Gasteiger partial charge on any atom is -0.508 e. The van der Waals surface area contributed by atoms with Crippen molar-refractivity contribution in [3.63, 3.8) is 0 Å². The number of benzene rings is 1. The number of aromatic amines is 1. The minimum absolute atomic E-state index is 0.306. The number of hydrogen-bond donors (Lipinski definition) is 2. The topological polar surface area (TPSA) is 49.2 Å². The highest BCUT2D eigenvalue weighted by atomic mass is 16.3. The first-order valence-corrected chi connectivity index (χ1v) is 6.73. The molecule has 0 radical (unpaired) electrons. The molecule has 0 fully saturated rings. The summed E-state index contributed by atoms with van der Waals surface area (Å²) >= 11 is 0. The van der Waals surface area contributed by atoms with Gasteiger partial charge in [-0.15, -0.1) is 0 Å². The fraction of sp³-hybridized carbons (Fsp3) is 0.176. The van der Waals surface area contributed by atoms with Crippen LogP contribution in [0.1, 0.15) is 22.7 Å². The lowest BCUT2D eigenvalue weighted by molar-refractivity contribution is 0.475. The SMILES string of the molecule is Oc1ccc(CC(Cc2ccoc2)c2ccc[nH]2)cc1. The summed E-state index contributed by atoms with van der Waals surface area (Å²) in [6.45, 7) is 0. The number of nitrogens with one attached hydrogen (secondary N) is 1. The standard InChI is InChI=1S/C17H17NO2/c19-16-5-3-13(4-6-16)10-15(17-2-1-8-18-17)11-14-7-9-20-12-14/h1-9,12,15,18-19H,10-11H2. The summed E-state index contributed by atoms with van der Waals surface area (Å²) in [5.41, 5.74) is 3.63. The Kier molecular flexibility index (Phi) is 3.59. The van der Waals surface area contributed by atoms with Crippen LogP contribution in [0.4, 0.5) is 0 Å². The van der Waals surface area contributed by atoms with Gasteiger partial charge in [0.05, 0.1) is 12.5 Å². The van der Waals surface area contributed by atoms with E-state index in [4.69, 9.17) is 4.42 Å². The van der Waals surface area contributed by atoms with Crippen LogP contribution in [0.5, 0.6) is 5.75 Å². The van der Waals surface area contributed by atoms with Crippen LogP contribution in [-0.2, 0) is 12.8 Å². The highest BCUT2D eigenvalue weighted by Gasteiger charge is 2.15. The van der Waals surface area contributed by atoms with E-state index in [9.17, 15) is 5.11 Å². The van der Waals surface area contributed by atoms with Gasteiger partial charge in [-0.2, -0.15) is 0 Å². The number of hydrogen-bond acceptors (Lipinski definition) is 2. The molecule has 0 aliphatic rings. The molecule has 3 nitrogen and oxygen atoms in total. The number of phenolic OH excluding ortho intramolecular Hbond substituents is 1. The predicted octanol–water partition coefficient (Wildman–Crippen LogP) is 3.88. The Morgan fingerprint density at radius 1 is 1.00 bits per heavy atom. The van der Waals surface area contributed by atoms with Gasteiger partial charge >= 0.3 is 0 Å². The van der Waals surface area contributed by atoms with Crippen molar-refractivity contribution in [3.05, 3.63) is 78.0 Å². The van der Waals surface area contributed by atoms with E-state index in [1.165, 1.54) is 16.8 Å². The Labute approximate surface area is 117 Å². The van der Waals surface area contributed by atoms with E-state index in [0.717, 1.165) is 12.8 Å². The van der Waals surface area contributed by atoms with Gasteiger partial charge < -0.3 is 14.5 Å². The summed E-state index contributed by atoms with van der Waals surface area (Å²) in [5.74, 6) is 0.673. The van der Waals surface area contributed by atoms with Crippen molar-refractivity contribution >= 4 is 0 Å². The number of H-pyrrole nitrogens is 1. The Morgan fingerprint density at radius 2 is 1.80 bits per heavy atom. The highest BCUT2D eigenvalue weighted by molar-refractivity contribution is 5.28. The van der Waals surface area contributed by atoms with E-state index in [2.05, 4.69) is 11.1 Å². The van der Waals surface area contributed by atoms with Crippen molar-refractivity contribution < 1.29 is 9.52 Å². The van der Waals surface area contributed by atoms with Crippen molar-refractivity contribution in [3.8, 4) is 5.75 Å². The van der Waals surface area contributed by atoms with E-state index < -0.39 is 0 Å². The molecule has 0 saturated carbocycles. The van der Waals surface area contributed by atoms with Crippen LogP contribution >= 0.6 is 0 Å². The Hall–Kier alpha value is -2.42. The van der Waals surface area contributed by atoms with Gasteiger partial charge in [0.1, 0.15) is 5.75 Å². The number of aromatic nitrogens is 1. The smallest absolute Gasteiger partial charge is 0.115 e. The molecule has 1 atom stereocenters. The molecule has 3 heteroatoms. The number of phenols is 1. The minimum atomic E-state index is 0.306. The van der Waals surface area contributed by atoms with Crippen LogP contribution in [0.15, 0.2) is 65.6 Å². The average molecular weight is 267 g/mol. The maximum Gasteiger partial charge on any atom is 0.115 e. The first-order valence-electron chi connectivity index (χ1n) is 6.73. The van der Waals surface area contributed by atoms with Gasteiger partial charge in [0.15, 0.2) is 0 Å². The fourth-order valence-corrected chi connectivity index (χ4v) is 2.50. The van der Waals surface area contributed by atoms with Gasteiger partial charge in [0.25, 0.3) is 0 Å². The largest absolute Gasteiger partial charge is 0.508 e. The molecule has 0 spiro atoms. The fourth-order valence-electron chi connectivity index (χ4n) is 2.50. The molecule has 20 heavy (non-hydrogen) atoms. The molecule has 2 heterocycles. The van der Waals surface area contributed by atoms with Gasteiger partial charge in [-0.05, 0) is 54.3 Å². The molecule has 0 saturated heterocycles. The quantitative estimate of drug-likeness (QED) is 0.737. The lowest BCUT2D eigenvalue weighted by atomic mass is 9.91. The van der Waals surface area contributed by atoms with Crippen LogP contribution in [-0.4, -0.2) is 10.1 Å². The maximum atomic E-state index is 9.36. The molecule has 1 aromatic carbocycles. The summed E-state index contributed by atoms with van der Waals surface area (Å²) in [6, 6.07) is 13.6. The molecule has 0 aliphatic carbocycles. The van der Waals surface area contributed by atoms with E-state index in [-0.39, 0.29) is 0 Å². The second-order valence-electron chi connectivity index (χ2n) is 5.03. The van der Waals surface area contributed by atoms with E-state index in [0.29, 0.717) is 11.7 Å². The second-order valence-corrected chi connectivity index (χ2v) is 5.03. The average Bonchev–Trinajstić information content (AvgIpc) is 3.12. The van der Waals surface area contributed by atoms with Gasteiger partial charge in [-0.1, -0.05) is 12.1 Å². The van der Waals surface area contributed by atoms with Gasteiger partial charge in [0, 0.05) is 17.8 Å². The normalized spacial score (nSPS) is 12.4. The molecule has 102 valence electrons. The first kappa shape index (κ1) is 12.6. The van der Waals surface area contributed by atoms with E-state index in [1.54, 1.807) is 24.7 Å². The Morgan fingerprint density at radius 3 is 2.45 bits per heavy atom. The molecule has 0 aliphatic heterocycles. The van der Waals surface area contributed by atoms with Crippen LogP contribution in [0.2, 0.25) is 0 Å². The van der Waals surface area contributed by atoms with Gasteiger partial charge in [-0.3, -0.25) is 0 Å². The van der Waals surface area contributed by atoms with Crippen molar-refractivity contribution in [1.82, 2.24) is 4.98 Å². The third-order valence-corrected chi connectivity index (χ3v) is 3.54. The lowest BCUT2D eigenvalue weighted by Gasteiger charge is -2.15. The molecule has 0 bridgehead atoms. The third-order valence-electron chi connectivity index (χ3n) is 3.54. The van der Waals surface area contributed by atoms with Crippen molar-refractivity contribution in [2.75, 3.05) is 0 Å². The Balaban J connectivity index is 1.80.